The molecule has 0 bridgehead atoms. The summed E-state index contributed by atoms with van der Waals surface area (Å²) in [5.74, 6) is -6.38. The van der Waals surface area contributed by atoms with E-state index in [1.54, 1.807) is 17.1 Å². The molecule has 0 spiro atoms. The van der Waals surface area contributed by atoms with Crippen LogP contribution in [-0.4, -0.2) is 79.3 Å². The number of aromatic nitrogens is 5. The van der Waals surface area contributed by atoms with Gasteiger partial charge in [-0.05, 0) is 25.0 Å². The van der Waals surface area contributed by atoms with Crippen molar-refractivity contribution < 1.29 is 22.4 Å². The Morgan fingerprint density at radius 3 is 2.63 bits per heavy atom. The molecule has 2 saturated heterocycles. The van der Waals surface area contributed by atoms with E-state index in [1.165, 1.54) is 11.1 Å². The minimum atomic E-state index is -4.12. The van der Waals surface area contributed by atoms with Gasteiger partial charge in [-0.15, -0.1) is 0 Å². The van der Waals surface area contributed by atoms with Gasteiger partial charge in [0.2, 0.25) is 0 Å². The van der Waals surface area contributed by atoms with Crippen LogP contribution in [0, 0.1) is 28.5 Å². The molecular formula is C29H25F4N9O. The number of fused-ring (bicyclic) bond motifs is 1. The van der Waals surface area contributed by atoms with Crippen LogP contribution in [-0.2, 0) is 11.5 Å². The molecule has 0 aromatic carbocycles. The van der Waals surface area contributed by atoms with Gasteiger partial charge in [0.05, 0.1) is 29.8 Å². The third-order valence-corrected chi connectivity index (χ3v) is 8.37. The second-order valence-corrected chi connectivity index (χ2v) is 10.9. The maximum Gasteiger partial charge on any atom is 0.320 e. The Balaban J connectivity index is 1.14. The van der Waals surface area contributed by atoms with Gasteiger partial charge in [-0.1, -0.05) is 0 Å². The van der Waals surface area contributed by atoms with E-state index in [0.29, 0.717) is 42.7 Å². The van der Waals surface area contributed by atoms with Crippen molar-refractivity contribution in [1.82, 2.24) is 34.5 Å². The number of alkyl halides is 3. The molecule has 2 aliphatic rings. The average Bonchev–Trinajstić information content (AvgIpc) is 3.68. The lowest BCUT2D eigenvalue weighted by Gasteiger charge is -2.53. The molecule has 2 fully saturated rings. The smallest absolute Gasteiger partial charge is 0.320 e. The zero-order valence-corrected chi connectivity index (χ0v) is 22.8. The zero-order valence-electron chi connectivity index (χ0n) is 22.8. The molecule has 2 aliphatic heterocycles. The Hall–Kier alpha value is -4.82. The summed E-state index contributed by atoms with van der Waals surface area (Å²) in [7, 11) is 0. The van der Waals surface area contributed by atoms with Crippen molar-refractivity contribution in [3.8, 4) is 23.3 Å². The molecule has 4 aromatic heterocycles. The summed E-state index contributed by atoms with van der Waals surface area (Å²) in [5.41, 5.74) is 0.00346. The number of hydrogen-bond donors (Lipinski definition) is 1. The van der Waals surface area contributed by atoms with Gasteiger partial charge in [-0.2, -0.15) is 24.4 Å². The van der Waals surface area contributed by atoms with E-state index in [0.717, 1.165) is 23.2 Å². The minimum Gasteiger partial charge on any atom is -0.346 e. The monoisotopic (exact) mass is 591 g/mol. The van der Waals surface area contributed by atoms with Gasteiger partial charge in [-0.25, -0.2) is 13.8 Å². The molecule has 4 aromatic rings. The number of halogens is 4. The Labute approximate surface area is 243 Å². The van der Waals surface area contributed by atoms with Gasteiger partial charge in [0.25, 0.3) is 5.91 Å². The zero-order chi connectivity index (χ0) is 30.4. The van der Waals surface area contributed by atoms with Crippen LogP contribution < -0.4 is 0 Å². The highest BCUT2D eigenvalue weighted by molar-refractivity contribution is 5.96. The Bertz CT molecular complexity index is 1770. The van der Waals surface area contributed by atoms with E-state index < -0.39 is 41.1 Å². The van der Waals surface area contributed by atoms with Gasteiger partial charge in [-0.3, -0.25) is 19.4 Å². The minimum absolute atomic E-state index is 0.0875. The summed E-state index contributed by atoms with van der Waals surface area (Å²) in [6, 6.07) is 7.42. The summed E-state index contributed by atoms with van der Waals surface area (Å²) >= 11 is 0. The molecule has 0 unspecified atom stereocenters. The first kappa shape index (κ1) is 28.3. The van der Waals surface area contributed by atoms with Crippen molar-refractivity contribution in [3.63, 3.8) is 0 Å². The first-order valence-corrected chi connectivity index (χ1v) is 13.6. The molecule has 0 atom stereocenters. The molecule has 43 heavy (non-hydrogen) atoms. The maximum atomic E-state index is 14.7. The van der Waals surface area contributed by atoms with Crippen LogP contribution in [0.15, 0.2) is 43.1 Å². The predicted molar refractivity (Wildman–Crippen MR) is 145 cm³/mol. The number of piperidine rings is 1. The molecule has 0 saturated carbocycles. The molecule has 10 nitrogen and oxygen atoms in total. The maximum absolute atomic E-state index is 14.7. The lowest BCUT2D eigenvalue weighted by molar-refractivity contribution is -0.0414. The number of aromatic amines is 1. The SMILES string of the molecule is N#CCC1(n2cc(-c3c(C#N)cnc4[nH]ccc34)cn2)CN(C2CCN(C(=O)c3ccnc(C(F)(F)CF)c3F)CC2)C1. The fourth-order valence-corrected chi connectivity index (χ4v) is 6.10. The first-order chi connectivity index (χ1) is 20.7. The number of carbonyl (C=O) groups is 1. The van der Waals surface area contributed by atoms with Gasteiger partial charge >= 0.3 is 5.92 Å². The number of likely N-dealkylation sites (tertiary alicyclic amines) is 2. The number of hydrogen-bond acceptors (Lipinski definition) is 7. The average molecular weight is 592 g/mol. The molecule has 6 rings (SSSR count). The lowest BCUT2D eigenvalue weighted by Crippen LogP contribution is -2.66. The summed E-state index contributed by atoms with van der Waals surface area (Å²) < 4.78 is 56.8. The fourth-order valence-electron chi connectivity index (χ4n) is 6.10. The third-order valence-electron chi connectivity index (χ3n) is 8.37. The second-order valence-electron chi connectivity index (χ2n) is 10.9. The van der Waals surface area contributed by atoms with E-state index in [4.69, 9.17) is 0 Å². The molecule has 1 amide bonds. The number of rotatable bonds is 7. The predicted octanol–water partition coefficient (Wildman–Crippen LogP) is 4.12. The summed E-state index contributed by atoms with van der Waals surface area (Å²) in [6.45, 7) is -0.479. The van der Waals surface area contributed by atoms with Crippen molar-refractivity contribution in [3.05, 3.63) is 65.8 Å². The molecule has 14 heteroatoms. The number of nitrogens with zero attached hydrogens (tertiary/aromatic N) is 8. The number of nitrogens with one attached hydrogen (secondary N) is 1. The van der Waals surface area contributed by atoms with Crippen molar-refractivity contribution in [2.75, 3.05) is 32.9 Å². The normalized spacial score (nSPS) is 17.4. The highest BCUT2D eigenvalue weighted by atomic mass is 19.3. The second kappa shape index (κ2) is 10.8. The van der Waals surface area contributed by atoms with Gasteiger partial charge in [0.15, 0.2) is 12.5 Å². The van der Waals surface area contributed by atoms with Gasteiger partial charge in [0.1, 0.15) is 22.9 Å². The van der Waals surface area contributed by atoms with E-state index in [1.807, 2.05) is 12.3 Å². The van der Waals surface area contributed by atoms with Crippen LogP contribution in [0.4, 0.5) is 17.6 Å². The molecular weight excluding hydrogens is 566 g/mol. The summed E-state index contributed by atoms with van der Waals surface area (Å²) in [4.78, 5) is 27.2. The van der Waals surface area contributed by atoms with Crippen LogP contribution in [0.1, 0.15) is 40.9 Å². The summed E-state index contributed by atoms with van der Waals surface area (Å²) in [5, 5.41) is 24.7. The largest absolute Gasteiger partial charge is 0.346 e. The van der Waals surface area contributed by atoms with Crippen molar-refractivity contribution in [2.45, 2.75) is 36.8 Å². The topological polar surface area (TPSA) is 131 Å². The van der Waals surface area contributed by atoms with Crippen LogP contribution >= 0.6 is 0 Å². The lowest BCUT2D eigenvalue weighted by atomic mass is 9.83. The van der Waals surface area contributed by atoms with Crippen LogP contribution in [0.5, 0.6) is 0 Å². The number of amides is 1. The van der Waals surface area contributed by atoms with E-state index in [9.17, 15) is 32.9 Å². The quantitative estimate of drug-likeness (QED) is 0.320. The third kappa shape index (κ3) is 4.77. The Morgan fingerprint density at radius 1 is 1.16 bits per heavy atom. The highest BCUT2D eigenvalue weighted by Gasteiger charge is 2.48. The number of H-pyrrole nitrogens is 1. The molecule has 0 aliphatic carbocycles. The highest BCUT2D eigenvalue weighted by Crippen LogP contribution is 2.38. The van der Waals surface area contributed by atoms with Crippen molar-refractivity contribution >= 4 is 16.9 Å². The number of carbonyl (C=O) groups excluding carboxylic acids is 1. The van der Waals surface area contributed by atoms with Crippen molar-refractivity contribution in [2.24, 2.45) is 0 Å². The molecule has 220 valence electrons. The number of nitriles is 2. The van der Waals surface area contributed by atoms with Crippen LogP contribution in [0.3, 0.4) is 0 Å². The Kier molecular flexibility index (Phi) is 7.10. The molecule has 6 heterocycles. The van der Waals surface area contributed by atoms with Gasteiger partial charge < -0.3 is 9.88 Å². The molecule has 1 N–H and O–H groups in total. The first-order valence-electron chi connectivity index (χ1n) is 13.6. The van der Waals surface area contributed by atoms with Crippen molar-refractivity contribution in [1.29, 1.82) is 10.5 Å². The fraction of sp³-hybridized carbons (Fsp3) is 0.379. The van der Waals surface area contributed by atoms with Gasteiger partial charge in [0, 0.05) is 73.5 Å². The standard InChI is InChI=1S/C29H25F4N9O/c30-15-29(32,33)25-24(31)22(2-7-36-25)27(43)40-9-3-20(4-10-40)41-16-28(17-41,5-6-34)42-14-19(13-39-42)23-18(11-35)12-38-26-21(23)1-8-37-26/h1-2,7-8,12-14,20H,3-5,9-10,15-17H2,(H,37,38). The van der Waals surface area contributed by atoms with E-state index in [2.05, 4.69) is 37.1 Å². The van der Waals surface area contributed by atoms with Crippen LogP contribution in [0.2, 0.25) is 0 Å². The Morgan fingerprint density at radius 2 is 1.93 bits per heavy atom. The van der Waals surface area contributed by atoms with E-state index in [-0.39, 0.29) is 25.6 Å². The van der Waals surface area contributed by atoms with E-state index >= 15 is 0 Å². The number of pyridine rings is 2. The molecule has 0 radical (unpaired) electrons. The summed E-state index contributed by atoms with van der Waals surface area (Å²) in [6.07, 6.45) is 9.02. The van der Waals surface area contributed by atoms with Crippen LogP contribution in [0.25, 0.3) is 22.2 Å².